The van der Waals surface area contributed by atoms with Crippen molar-refractivity contribution in [3.63, 3.8) is 0 Å². The lowest BCUT2D eigenvalue weighted by atomic mass is 9.75. The van der Waals surface area contributed by atoms with E-state index in [1.54, 1.807) is 0 Å². The van der Waals surface area contributed by atoms with Gasteiger partial charge in [-0.3, -0.25) is 4.99 Å². The number of thioether (sulfide) groups is 1. The normalized spacial score (nSPS) is 22.6. The predicted octanol–water partition coefficient (Wildman–Crippen LogP) is 4.26. The molecule has 1 aromatic rings. The fourth-order valence-corrected chi connectivity index (χ4v) is 4.74. The van der Waals surface area contributed by atoms with Crippen molar-refractivity contribution in [3.05, 3.63) is 35.9 Å². The maximum atomic E-state index is 4.86. The first-order chi connectivity index (χ1) is 10.3. The topological polar surface area (TPSA) is 24.4 Å². The Labute approximate surface area is 132 Å². The lowest BCUT2D eigenvalue weighted by molar-refractivity contribution is 0.232. The van der Waals surface area contributed by atoms with Gasteiger partial charge in [0.15, 0.2) is 5.17 Å². The van der Waals surface area contributed by atoms with Crippen molar-refractivity contribution in [2.75, 3.05) is 12.3 Å². The van der Waals surface area contributed by atoms with Crippen LogP contribution in [0.5, 0.6) is 0 Å². The molecule has 0 amide bonds. The molecule has 1 N–H and O–H groups in total. The summed E-state index contributed by atoms with van der Waals surface area (Å²) < 4.78 is 0. The Kier molecular flexibility index (Phi) is 4.89. The molecular formula is C18H26N2S. The number of rotatable bonds is 3. The van der Waals surface area contributed by atoms with E-state index < -0.39 is 0 Å². The highest BCUT2D eigenvalue weighted by molar-refractivity contribution is 8.13. The Morgan fingerprint density at radius 3 is 2.62 bits per heavy atom. The number of hydrogen-bond donors (Lipinski definition) is 1. The summed E-state index contributed by atoms with van der Waals surface area (Å²) >= 11 is 1.95. The number of amidine groups is 1. The molecule has 1 atom stereocenters. The van der Waals surface area contributed by atoms with Gasteiger partial charge in [-0.05, 0) is 37.2 Å². The third-order valence-corrected chi connectivity index (χ3v) is 6.02. The average molecular weight is 302 g/mol. The molecule has 3 heteroatoms. The molecule has 3 rings (SSSR count). The maximum absolute atomic E-state index is 4.86. The molecule has 1 spiro atoms. The number of benzene rings is 1. The summed E-state index contributed by atoms with van der Waals surface area (Å²) in [6, 6.07) is 11.1. The van der Waals surface area contributed by atoms with Crippen molar-refractivity contribution in [2.45, 2.75) is 51.5 Å². The van der Waals surface area contributed by atoms with Crippen molar-refractivity contribution in [3.8, 4) is 0 Å². The van der Waals surface area contributed by atoms with Gasteiger partial charge in [0.1, 0.15) is 0 Å². The van der Waals surface area contributed by atoms with E-state index in [0.29, 0.717) is 11.5 Å². The molecule has 1 aliphatic heterocycles. The zero-order valence-corrected chi connectivity index (χ0v) is 13.8. The minimum atomic E-state index is 0.444. The standard InChI is InChI=1S/C18H26N2S/c1-15(12-16-8-4-2-5-9-16)20-17-19-13-18(14-21-17)10-6-3-7-11-18/h2,4-5,8-9,15H,3,6-7,10-14H2,1H3,(H,19,20). The van der Waals surface area contributed by atoms with Gasteiger partial charge in [0.05, 0.1) is 0 Å². The molecule has 1 aliphatic carbocycles. The smallest absolute Gasteiger partial charge is 0.156 e. The average Bonchev–Trinajstić information content (AvgIpc) is 2.52. The molecule has 21 heavy (non-hydrogen) atoms. The predicted molar refractivity (Wildman–Crippen MR) is 93.0 cm³/mol. The summed E-state index contributed by atoms with van der Waals surface area (Å²) in [6.45, 7) is 3.29. The maximum Gasteiger partial charge on any atom is 0.156 e. The quantitative estimate of drug-likeness (QED) is 0.902. The molecular weight excluding hydrogens is 276 g/mol. The number of hydrogen-bond acceptors (Lipinski definition) is 3. The van der Waals surface area contributed by atoms with Crippen LogP contribution in [-0.4, -0.2) is 23.5 Å². The third kappa shape index (κ3) is 4.03. The van der Waals surface area contributed by atoms with Crippen molar-refractivity contribution >= 4 is 16.9 Å². The summed E-state index contributed by atoms with van der Waals surface area (Å²) in [4.78, 5) is 4.86. The van der Waals surface area contributed by atoms with E-state index in [0.717, 1.165) is 18.1 Å². The van der Waals surface area contributed by atoms with Crippen LogP contribution in [0.3, 0.4) is 0 Å². The summed E-state index contributed by atoms with van der Waals surface area (Å²) in [5.74, 6) is 1.26. The first kappa shape index (κ1) is 15.0. The second-order valence-electron chi connectivity index (χ2n) is 6.71. The highest BCUT2D eigenvalue weighted by atomic mass is 32.2. The van der Waals surface area contributed by atoms with Crippen molar-refractivity contribution in [1.82, 2.24) is 5.32 Å². The highest BCUT2D eigenvalue weighted by Crippen LogP contribution is 2.41. The van der Waals surface area contributed by atoms with Gasteiger partial charge in [-0.15, -0.1) is 0 Å². The molecule has 1 saturated carbocycles. The zero-order valence-electron chi connectivity index (χ0n) is 13.0. The molecule has 0 saturated heterocycles. The van der Waals surface area contributed by atoms with E-state index in [1.165, 1.54) is 43.4 Å². The molecule has 0 radical (unpaired) electrons. The fraction of sp³-hybridized carbons (Fsp3) is 0.611. The van der Waals surface area contributed by atoms with Crippen LogP contribution in [0.2, 0.25) is 0 Å². The van der Waals surface area contributed by atoms with E-state index in [4.69, 9.17) is 4.99 Å². The van der Waals surface area contributed by atoms with Crippen LogP contribution in [0.15, 0.2) is 35.3 Å². The minimum absolute atomic E-state index is 0.444. The zero-order chi connectivity index (χ0) is 14.5. The first-order valence-electron chi connectivity index (χ1n) is 8.24. The van der Waals surface area contributed by atoms with Gasteiger partial charge >= 0.3 is 0 Å². The molecule has 1 unspecified atom stereocenters. The van der Waals surface area contributed by atoms with E-state index >= 15 is 0 Å². The molecule has 1 aromatic carbocycles. The lowest BCUT2D eigenvalue weighted by Crippen LogP contribution is -2.40. The molecule has 1 heterocycles. The van der Waals surface area contributed by atoms with Crippen molar-refractivity contribution in [2.24, 2.45) is 10.4 Å². The van der Waals surface area contributed by atoms with Crippen LogP contribution in [0.1, 0.15) is 44.6 Å². The molecule has 0 aromatic heterocycles. The van der Waals surface area contributed by atoms with Crippen LogP contribution < -0.4 is 5.32 Å². The Hall–Kier alpha value is -0.960. The molecule has 2 aliphatic rings. The Balaban J connectivity index is 1.51. The first-order valence-corrected chi connectivity index (χ1v) is 9.22. The van der Waals surface area contributed by atoms with Gasteiger partial charge in [0.2, 0.25) is 0 Å². The lowest BCUT2D eigenvalue weighted by Gasteiger charge is -2.38. The van der Waals surface area contributed by atoms with Gasteiger partial charge in [-0.25, -0.2) is 0 Å². The molecule has 2 nitrogen and oxygen atoms in total. The van der Waals surface area contributed by atoms with Crippen LogP contribution in [-0.2, 0) is 6.42 Å². The summed E-state index contributed by atoms with van der Waals surface area (Å²) in [7, 11) is 0. The van der Waals surface area contributed by atoms with Crippen molar-refractivity contribution < 1.29 is 0 Å². The van der Waals surface area contributed by atoms with Crippen LogP contribution >= 0.6 is 11.8 Å². The van der Waals surface area contributed by atoms with Gasteiger partial charge < -0.3 is 5.32 Å². The summed E-state index contributed by atoms with van der Waals surface area (Å²) in [5, 5.41) is 4.76. The van der Waals surface area contributed by atoms with E-state index in [-0.39, 0.29) is 0 Å². The van der Waals surface area contributed by atoms with Crippen LogP contribution in [0, 0.1) is 5.41 Å². The van der Waals surface area contributed by atoms with E-state index in [9.17, 15) is 0 Å². The fourth-order valence-electron chi connectivity index (χ4n) is 3.47. The Morgan fingerprint density at radius 2 is 1.95 bits per heavy atom. The van der Waals surface area contributed by atoms with Crippen LogP contribution in [0.4, 0.5) is 0 Å². The second-order valence-corrected chi connectivity index (χ2v) is 7.67. The minimum Gasteiger partial charge on any atom is -0.362 e. The van der Waals surface area contributed by atoms with Gasteiger partial charge in [-0.2, -0.15) is 0 Å². The number of nitrogens with zero attached hydrogens (tertiary/aromatic N) is 1. The Morgan fingerprint density at radius 1 is 1.19 bits per heavy atom. The largest absolute Gasteiger partial charge is 0.362 e. The molecule has 114 valence electrons. The SMILES string of the molecule is CC(Cc1ccccc1)NC1=NCC2(CCCCC2)CS1. The van der Waals surface area contributed by atoms with Gasteiger partial charge in [0.25, 0.3) is 0 Å². The summed E-state index contributed by atoms with van der Waals surface area (Å²) in [5.41, 5.74) is 1.92. The van der Waals surface area contributed by atoms with Gasteiger partial charge in [0, 0.05) is 18.3 Å². The molecule has 0 bridgehead atoms. The van der Waals surface area contributed by atoms with E-state index in [2.05, 4.69) is 42.6 Å². The van der Waals surface area contributed by atoms with Gasteiger partial charge in [-0.1, -0.05) is 61.4 Å². The highest BCUT2D eigenvalue weighted by Gasteiger charge is 2.34. The monoisotopic (exact) mass is 302 g/mol. The van der Waals surface area contributed by atoms with Crippen molar-refractivity contribution in [1.29, 1.82) is 0 Å². The summed E-state index contributed by atoms with van der Waals surface area (Å²) in [6.07, 6.45) is 8.07. The van der Waals surface area contributed by atoms with Crippen LogP contribution in [0.25, 0.3) is 0 Å². The third-order valence-electron chi connectivity index (χ3n) is 4.74. The Bertz CT molecular complexity index is 477. The molecule has 1 fully saturated rings. The second kappa shape index (κ2) is 6.87. The number of nitrogens with one attached hydrogen (secondary N) is 1. The number of aliphatic imine (C=N–C) groups is 1. The van der Waals surface area contributed by atoms with E-state index in [1.807, 2.05) is 11.8 Å².